The average molecular weight is 485 g/mol. The topological polar surface area (TPSA) is 53.8 Å². The number of rotatable bonds is 5. The maximum absolute atomic E-state index is 13.3. The van der Waals surface area contributed by atoms with Crippen molar-refractivity contribution in [3.05, 3.63) is 82.0 Å². The zero-order chi connectivity index (χ0) is 22.8. The predicted molar refractivity (Wildman–Crippen MR) is 131 cm³/mol. The SMILES string of the molecule is CCCN1C(=O)C(=Cc2ccc(-c3ccc(Cl)c(Cl)c3)o2)C(=O)N(c2ccccc2)C1=S. The number of halogens is 2. The van der Waals surface area contributed by atoms with Crippen LogP contribution in [0.4, 0.5) is 5.69 Å². The van der Waals surface area contributed by atoms with Gasteiger partial charge in [0.15, 0.2) is 5.11 Å². The van der Waals surface area contributed by atoms with Crippen molar-refractivity contribution in [3.8, 4) is 11.3 Å². The number of hydrogen-bond acceptors (Lipinski definition) is 4. The summed E-state index contributed by atoms with van der Waals surface area (Å²) in [6.45, 7) is 2.34. The molecular weight excluding hydrogens is 467 g/mol. The highest BCUT2D eigenvalue weighted by Gasteiger charge is 2.40. The summed E-state index contributed by atoms with van der Waals surface area (Å²) in [5, 5.41) is 1.01. The Morgan fingerprint density at radius 2 is 1.72 bits per heavy atom. The number of nitrogens with zero attached hydrogens (tertiary/aromatic N) is 2. The van der Waals surface area contributed by atoms with Crippen molar-refractivity contribution in [3.63, 3.8) is 0 Å². The molecule has 0 aliphatic carbocycles. The van der Waals surface area contributed by atoms with Crippen molar-refractivity contribution < 1.29 is 14.0 Å². The van der Waals surface area contributed by atoms with Crippen LogP contribution in [0.3, 0.4) is 0 Å². The van der Waals surface area contributed by atoms with Gasteiger partial charge in [-0.05, 0) is 67.2 Å². The third-order valence-corrected chi connectivity index (χ3v) is 6.05. The van der Waals surface area contributed by atoms with E-state index < -0.39 is 11.8 Å². The monoisotopic (exact) mass is 484 g/mol. The number of benzene rings is 2. The van der Waals surface area contributed by atoms with E-state index in [1.54, 1.807) is 42.5 Å². The summed E-state index contributed by atoms with van der Waals surface area (Å²) in [4.78, 5) is 29.3. The summed E-state index contributed by atoms with van der Waals surface area (Å²) in [6, 6.07) is 17.6. The van der Waals surface area contributed by atoms with Gasteiger partial charge in [0.25, 0.3) is 11.8 Å². The van der Waals surface area contributed by atoms with Gasteiger partial charge in [-0.2, -0.15) is 0 Å². The van der Waals surface area contributed by atoms with Gasteiger partial charge in [0.05, 0.1) is 15.7 Å². The number of amides is 2. The van der Waals surface area contributed by atoms with Gasteiger partial charge in [-0.1, -0.05) is 48.3 Å². The van der Waals surface area contributed by atoms with Crippen LogP contribution in [-0.4, -0.2) is 28.4 Å². The fourth-order valence-corrected chi connectivity index (χ4v) is 4.04. The number of hydrogen-bond donors (Lipinski definition) is 0. The van der Waals surface area contributed by atoms with Crippen molar-refractivity contribution in [2.45, 2.75) is 13.3 Å². The van der Waals surface area contributed by atoms with Crippen LogP contribution in [-0.2, 0) is 9.59 Å². The van der Waals surface area contributed by atoms with E-state index in [1.807, 2.05) is 25.1 Å². The van der Waals surface area contributed by atoms with Gasteiger partial charge in [0.2, 0.25) is 0 Å². The van der Waals surface area contributed by atoms with E-state index in [0.29, 0.717) is 40.2 Å². The standard InChI is InChI=1S/C24H18Cl2N2O3S/c1-2-12-27-22(29)18(23(30)28(24(27)32)16-6-4-3-5-7-16)14-17-9-11-21(31-17)15-8-10-19(25)20(26)13-15/h3-11,13-14H,2,12H2,1H3. The molecule has 0 atom stereocenters. The Morgan fingerprint density at radius 1 is 0.969 bits per heavy atom. The molecule has 1 aromatic heterocycles. The molecule has 1 aliphatic rings. The lowest BCUT2D eigenvalue weighted by Gasteiger charge is -2.36. The number of para-hydroxylation sites is 1. The lowest BCUT2D eigenvalue weighted by Crippen LogP contribution is -2.56. The third-order valence-electron chi connectivity index (χ3n) is 4.91. The lowest BCUT2D eigenvalue weighted by molar-refractivity contribution is -0.127. The van der Waals surface area contributed by atoms with E-state index in [-0.39, 0.29) is 10.7 Å². The van der Waals surface area contributed by atoms with Crippen LogP contribution in [0.5, 0.6) is 0 Å². The Labute approximate surface area is 200 Å². The quantitative estimate of drug-likeness (QED) is 0.245. The number of anilines is 1. The van der Waals surface area contributed by atoms with E-state index in [4.69, 9.17) is 39.8 Å². The van der Waals surface area contributed by atoms with Crippen molar-refractivity contribution in [1.29, 1.82) is 0 Å². The van der Waals surface area contributed by atoms with Crippen LogP contribution in [0, 0.1) is 0 Å². The van der Waals surface area contributed by atoms with E-state index in [9.17, 15) is 9.59 Å². The molecule has 5 nitrogen and oxygen atoms in total. The Bertz CT molecular complexity index is 1240. The van der Waals surface area contributed by atoms with Crippen LogP contribution >= 0.6 is 35.4 Å². The number of carbonyl (C=O) groups is 2. The Kier molecular flexibility index (Phi) is 6.46. The van der Waals surface area contributed by atoms with E-state index in [2.05, 4.69) is 0 Å². The Hall–Kier alpha value is -2.93. The van der Waals surface area contributed by atoms with Gasteiger partial charge in [-0.25, -0.2) is 0 Å². The summed E-state index contributed by atoms with van der Waals surface area (Å²) < 4.78 is 5.87. The summed E-state index contributed by atoms with van der Waals surface area (Å²) in [5.41, 5.74) is 1.30. The molecule has 2 heterocycles. The summed E-state index contributed by atoms with van der Waals surface area (Å²) in [6.07, 6.45) is 2.14. The van der Waals surface area contributed by atoms with E-state index in [0.717, 1.165) is 5.56 Å². The van der Waals surface area contributed by atoms with Gasteiger partial charge < -0.3 is 4.42 Å². The Balaban J connectivity index is 1.73. The molecule has 8 heteroatoms. The van der Waals surface area contributed by atoms with Crippen molar-refractivity contribution in [2.24, 2.45) is 0 Å². The fraction of sp³-hybridized carbons (Fsp3) is 0.125. The molecule has 0 unspecified atom stereocenters. The molecule has 3 aromatic rings. The maximum Gasteiger partial charge on any atom is 0.270 e. The number of carbonyl (C=O) groups excluding carboxylic acids is 2. The summed E-state index contributed by atoms with van der Waals surface area (Å²) in [5.74, 6) is -0.0421. The first kappa shape index (κ1) is 22.3. The summed E-state index contributed by atoms with van der Waals surface area (Å²) in [7, 11) is 0. The minimum Gasteiger partial charge on any atom is -0.457 e. The predicted octanol–water partition coefficient (Wildman–Crippen LogP) is 6.21. The summed E-state index contributed by atoms with van der Waals surface area (Å²) >= 11 is 17.6. The molecule has 162 valence electrons. The fourth-order valence-electron chi connectivity index (χ4n) is 3.38. The molecule has 4 rings (SSSR count). The molecule has 0 bridgehead atoms. The van der Waals surface area contributed by atoms with Crippen LogP contribution in [0.2, 0.25) is 10.0 Å². The molecule has 2 amide bonds. The molecule has 0 spiro atoms. The van der Waals surface area contributed by atoms with Gasteiger partial charge in [0.1, 0.15) is 17.1 Å². The van der Waals surface area contributed by atoms with Gasteiger partial charge in [-0.3, -0.25) is 19.4 Å². The second-order valence-electron chi connectivity index (χ2n) is 7.10. The number of furan rings is 1. The van der Waals surface area contributed by atoms with Crippen LogP contribution in [0.25, 0.3) is 17.4 Å². The van der Waals surface area contributed by atoms with Gasteiger partial charge in [-0.15, -0.1) is 0 Å². The molecule has 1 fully saturated rings. The van der Waals surface area contributed by atoms with Crippen LogP contribution in [0.15, 0.2) is 70.7 Å². The van der Waals surface area contributed by atoms with Gasteiger partial charge >= 0.3 is 0 Å². The number of thiocarbonyl (C=S) groups is 1. The minimum absolute atomic E-state index is 0.0223. The molecule has 1 aliphatic heterocycles. The highest BCUT2D eigenvalue weighted by atomic mass is 35.5. The lowest BCUT2D eigenvalue weighted by atomic mass is 10.1. The molecular formula is C24H18Cl2N2O3S. The molecule has 32 heavy (non-hydrogen) atoms. The molecule has 2 aromatic carbocycles. The second kappa shape index (κ2) is 9.28. The van der Waals surface area contributed by atoms with Crippen LogP contribution < -0.4 is 4.90 Å². The highest BCUT2D eigenvalue weighted by molar-refractivity contribution is 7.80. The third kappa shape index (κ3) is 4.21. The smallest absolute Gasteiger partial charge is 0.270 e. The van der Waals surface area contributed by atoms with Crippen molar-refractivity contribution in [1.82, 2.24) is 4.90 Å². The normalized spacial score (nSPS) is 15.7. The largest absolute Gasteiger partial charge is 0.457 e. The maximum atomic E-state index is 13.3. The second-order valence-corrected chi connectivity index (χ2v) is 8.28. The van der Waals surface area contributed by atoms with Gasteiger partial charge in [0, 0.05) is 12.1 Å². The van der Waals surface area contributed by atoms with Crippen molar-refractivity contribution in [2.75, 3.05) is 11.4 Å². The van der Waals surface area contributed by atoms with Crippen LogP contribution in [0.1, 0.15) is 19.1 Å². The first-order valence-corrected chi connectivity index (χ1v) is 11.1. The Morgan fingerprint density at radius 3 is 2.41 bits per heavy atom. The first-order valence-electron chi connectivity index (χ1n) is 9.93. The first-order chi connectivity index (χ1) is 15.4. The molecule has 0 N–H and O–H groups in total. The van der Waals surface area contributed by atoms with Crippen molar-refractivity contribution >= 4 is 64.1 Å². The minimum atomic E-state index is -0.494. The zero-order valence-corrected chi connectivity index (χ0v) is 19.4. The zero-order valence-electron chi connectivity index (χ0n) is 17.0. The molecule has 1 saturated heterocycles. The molecule has 0 saturated carbocycles. The highest BCUT2D eigenvalue weighted by Crippen LogP contribution is 2.31. The molecule has 0 radical (unpaired) electrons. The average Bonchev–Trinajstić information content (AvgIpc) is 3.26. The van der Waals surface area contributed by atoms with E-state index >= 15 is 0 Å². The van der Waals surface area contributed by atoms with E-state index in [1.165, 1.54) is 15.9 Å².